The molecule has 6 N–H and O–H groups in total. The molecule has 23 heteroatoms. The van der Waals surface area contributed by atoms with Gasteiger partial charge in [0.05, 0.1) is 24.3 Å². The number of primary amides is 1. The Hall–Kier alpha value is -8.11. The smallest absolute Gasteiger partial charge is 0.410 e. The van der Waals surface area contributed by atoms with Gasteiger partial charge in [0.25, 0.3) is 11.8 Å². The van der Waals surface area contributed by atoms with Crippen LogP contribution in [-0.4, -0.2) is 124 Å². The second kappa shape index (κ2) is 28.3. The first-order valence-electron chi connectivity index (χ1n) is 27.0. The van der Waals surface area contributed by atoms with E-state index in [4.69, 9.17) is 15.5 Å². The number of amides is 9. The number of urea groups is 2. The summed E-state index contributed by atoms with van der Waals surface area (Å²) >= 11 is 0. The Morgan fingerprint density at radius 2 is 1.58 bits per heavy atom. The fourth-order valence-electron chi connectivity index (χ4n) is 9.95. The number of carbonyl (C=O) groups is 8. The average Bonchev–Trinajstić information content (AvgIpc) is 4.13. The van der Waals surface area contributed by atoms with Crippen LogP contribution in [-0.2, 0) is 41.9 Å². The van der Waals surface area contributed by atoms with Crippen molar-refractivity contribution >= 4 is 53.3 Å². The molecule has 0 bridgehead atoms. The number of imidazole rings is 1. The number of ketones is 1. The lowest BCUT2D eigenvalue weighted by molar-refractivity contribution is -0.137. The van der Waals surface area contributed by atoms with Crippen molar-refractivity contribution in [2.24, 2.45) is 28.9 Å². The number of hydrogen-bond acceptors (Lipinski definition) is 10. The zero-order chi connectivity index (χ0) is 59.1. The molecular weight excluding hydrogens is 1060 g/mol. The number of nitrogens with one attached hydrogen (secondary N) is 4. The molecule has 436 valence electrons. The van der Waals surface area contributed by atoms with Crippen molar-refractivity contribution in [3.63, 3.8) is 0 Å². The maximum Gasteiger partial charge on any atom is 0.410 e. The van der Waals surface area contributed by atoms with Crippen LogP contribution in [0.3, 0.4) is 0 Å². The van der Waals surface area contributed by atoms with Crippen molar-refractivity contribution < 1.29 is 60.7 Å². The minimum Gasteiger partial charge on any atom is -0.445 e. The molecule has 6 rings (SSSR count). The fraction of sp³-hybridized carbons (Fsp3) is 0.466. The molecule has 81 heavy (non-hydrogen) atoms. The van der Waals surface area contributed by atoms with E-state index in [1.54, 1.807) is 48.7 Å². The first-order valence-corrected chi connectivity index (χ1v) is 27.0. The predicted octanol–water partition coefficient (Wildman–Crippen LogP) is 7.94. The number of Topliss-reactive ketones (excluding diaryl/α,β-unsaturated/α-hetero) is 1. The van der Waals surface area contributed by atoms with E-state index >= 15 is 8.78 Å². The van der Waals surface area contributed by atoms with Crippen molar-refractivity contribution in [3.8, 4) is 11.3 Å². The summed E-state index contributed by atoms with van der Waals surface area (Å²) < 4.78 is 67.6. The molecule has 1 aromatic heterocycles. The topological polar surface area (TPSA) is 247 Å². The van der Waals surface area contributed by atoms with E-state index in [-0.39, 0.29) is 112 Å². The lowest BCUT2D eigenvalue weighted by atomic mass is 9.84. The fourth-order valence-corrected chi connectivity index (χ4v) is 9.95. The zero-order valence-corrected chi connectivity index (χ0v) is 46.4. The molecule has 4 aromatic rings. The van der Waals surface area contributed by atoms with E-state index in [0.29, 0.717) is 42.5 Å². The van der Waals surface area contributed by atoms with E-state index in [1.165, 1.54) is 53.4 Å². The SMILES string of the molecule is CNC(=O)N(C[C@@H]1CN(C(=O)OCc2ccc(NC(=O)[C@H](CCCNC(N)=O)CC(=O)[C@@H](NC(=O)CCCCCN3C(=O)C=CC3=O)C(C)C)cc2)C[C@@H]1F)[C@@H](c1nc(-c2cc(F)ccc2F)cn1Cc1cccc(F)c1)C(C)(C)C. The minimum absolute atomic E-state index is 0.0298. The molecule has 2 aliphatic heterocycles. The van der Waals surface area contributed by atoms with Crippen LogP contribution in [0.1, 0.15) is 103 Å². The van der Waals surface area contributed by atoms with Crippen LogP contribution in [0, 0.1) is 40.6 Å². The van der Waals surface area contributed by atoms with E-state index in [1.807, 2.05) is 20.8 Å². The number of benzene rings is 3. The molecule has 3 aromatic carbocycles. The molecule has 19 nitrogen and oxygen atoms in total. The Morgan fingerprint density at radius 3 is 2.23 bits per heavy atom. The number of halogens is 4. The van der Waals surface area contributed by atoms with E-state index in [9.17, 15) is 47.1 Å². The monoisotopic (exact) mass is 1130 g/mol. The van der Waals surface area contributed by atoms with Gasteiger partial charge in [-0.1, -0.05) is 65.3 Å². The molecule has 2 aliphatic rings. The molecule has 1 saturated heterocycles. The van der Waals surface area contributed by atoms with Gasteiger partial charge in [-0.25, -0.2) is 36.9 Å². The van der Waals surface area contributed by atoms with E-state index < -0.39 is 77.0 Å². The molecule has 0 saturated carbocycles. The van der Waals surface area contributed by atoms with Crippen LogP contribution >= 0.6 is 0 Å². The number of ether oxygens (including phenoxy) is 1. The number of anilines is 1. The third-order valence-corrected chi connectivity index (χ3v) is 14.1. The first kappa shape index (κ1) is 62.1. The number of alkyl halides is 1. The van der Waals surface area contributed by atoms with Crippen LogP contribution in [0.25, 0.3) is 11.3 Å². The van der Waals surface area contributed by atoms with Crippen LogP contribution in [0.2, 0.25) is 0 Å². The lowest BCUT2D eigenvalue weighted by Gasteiger charge is -2.41. The van der Waals surface area contributed by atoms with Crippen molar-refractivity contribution in [1.29, 1.82) is 0 Å². The van der Waals surface area contributed by atoms with Crippen LogP contribution in [0.15, 0.2) is 85.1 Å². The van der Waals surface area contributed by atoms with Crippen molar-refractivity contribution in [2.75, 3.05) is 45.1 Å². The first-order chi connectivity index (χ1) is 38.4. The average molecular weight is 1130 g/mol. The Kier molecular flexibility index (Phi) is 21.7. The summed E-state index contributed by atoms with van der Waals surface area (Å²) in [7, 11) is 1.41. The number of unbranched alkanes of at least 4 members (excludes halogenated alkanes) is 2. The van der Waals surface area contributed by atoms with Crippen LogP contribution < -0.4 is 27.0 Å². The Bertz CT molecular complexity index is 2930. The number of hydrogen-bond donors (Lipinski definition) is 5. The predicted molar refractivity (Wildman–Crippen MR) is 293 cm³/mol. The highest BCUT2D eigenvalue weighted by molar-refractivity contribution is 6.12. The number of carbonyl (C=O) groups excluding carboxylic acids is 8. The van der Waals surface area contributed by atoms with Gasteiger partial charge in [0.15, 0.2) is 5.78 Å². The summed E-state index contributed by atoms with van der Waals surface area (Å²) in [5.41, 5.74) is 5.71. The molecule has 3 heterocycles. The second-order valence-corrected chi connectivity index (χ2v) is 21.8. The molecule has 1 fully saturated rings. The van der Waals surface area contributed by atoms with Crippen molar-refractivity contribution in [3.05, 3.63) is 119 Å². The maximum absolute atomic E-state index is 16.2. The molecule has 0 unspecified atom stereocenters. The van der Waals surface area contributed by atoms with Gasteiger partial charge >= 0.3 is 18.2 Å². The van der Waals surface area contributed by atoms with Gasteiger partial charge in [0.1, 0.15) is 36.1 Å². The molecule has 0 radical (unpaired) electrons. The van der Waals surface area contributed by atoms with Crippen LogP contribution in [0.4, 0.5) is 37.6 Å². The Labute approximate surface area is 468 Å². The third kappa shape index (κ3) is 17.4. The minimum atomic E-state index is -1.60. The van der Waals surface area contributed by atoms with Gasteiger partial charge in [0, 0.05) is 94.0 Å². The summed E-state index contributed by atoms with van der Waals surface area (Å²) in [5.74, 6) is -5.77. The summed E-state index contributed by atoms with van der Waals surface area (Å²) in [5, 5.41) is 10.7. The largest absolute Gasteiger partial charge is 0.445 e. The van der Waals surface area contributed by atoms with Gasteiger partial charge in [-0.05, 0) is 90.6 Å². The quantitative estimate of drug-likeness (QED) is 0.0231. The van der Waals surface area contributed by atoms with Gasteiger partial charge in [0.2, 0.25) is 11.8 Å². The highest BCUT2D eigenvalue weighted by Crippen LogP contribution is 2.41. The highest BCUT2D eigenvalue weighted by Gasteiger charge is 2.44. The molecule has 9 amide bonds. The number of rotatable bonds is 26. The van der Waals surface area contributed by atoms with Gasteiger partial charge in [-0.15, -0.1) is 0 Å². The van der Waals surface area contributed by atoms with Gasteiger partial charge < -0.3 is 46.1 Å². The van der Waals surface area contributed by atoms with Crippen LogP contribution in [0.5, 0.6) is 0 Å². The Morgan fingerprint density at radius 1 is 0.877 bits per heavy atom. The standard InChI is InChI=1S/C58H72F4N10O9/c1-35(2)51(68-48(74)15-8-7-9-25-71-49(75)22-23-50(71)76)47(73)27-38(13-11-24-65-55(63)78)54(77)66-42-19-16-36(17-20-42)34-81-57(80)70-30-39(45(62)32-70)31-72(56(79)64-6)52(58(3,4)5)53-67-46(43-28-41(60)18-21-44(43)61)33-69(53)29-37-12-10-14-40(59)26-37/h10,12,14,16-23,26,28,33,35,38-39,45,51-52H,7-9,11,13,15,24-25,27,29-32,34H2,1-6H3,(H,64,79)(H,66,77)(H,68,74)(H3,63,65,78)/t38-,39+,45+,51+,52+/m1/s1. The number of likely N-dealkylation sites (tertiary alicyclic amines) is 1. The molecule has 5 atom stereocenters. The number of nitrogens with zero attached hydrogens (tertiary/aromatic N) is 5. The summed E-state index contributed by atoms with van der Waals surface area (Å²) in [4.78, 5) is 111. The maximum atomic E-state index is 16.2. The number of aromatic nitrogens is 2. The number of imide groups is 1. The van der Waals surface area contributed by atoms with Gasteiger partial charge in [-0.3, -0.25) is 28.9 Å². The van der Waals surface area contributed by atoms with Crippen molar-refractivity contribution in [2.45, 2.75) is 111 Å². The highest BCUT2D eigenvalue weighted by atomic mass is 19.1. The zero-order valence-electron chi connectivity index (χ0n) is 46.4. The second-order valence-electron chi connectivity index (χ2n) is 21.8. The van der Waals surface area contributed by atoms with E-state index in [2.05, 4.69) is 21.3 Å². The molecule has 0 aliphatic carbocycles. The summed E-state index contributed by atoms with van der Waals surface area (Å²) in [6, 6.07) is 12.0. The summed E-state index contributed by atoms with van der Waals surface area (Å²) in [6.07, 6.45) is 3.42. The number of nitrogens with two attached hydrogens (primary N) is 1. The lowest BCUT2D eigenvalue weighted by Crippen LogP contribution is -2.49. The van der Waals surface area contributed by atoms with E-state index in [0.717, 1.165) is 23.1 Å². The van der Waals surface area contributed by atoms with Gasteiger partial charge in [-0.2, -0.15) is 0 Å². The molecule has 0 spiro atoms. The molecular formula is C58H72F4N10O9. The third-order valence-electron chi connectivity index (χ3n) is 14.1. The summed E-state index contributed by atoms with van der Waals surface area (Å²) in [6.45, 7) is 8.57. The van der Waals surface area contributed by atoms with Crippen molar-refractivity contribution in [1.82, 2.24) is 40.2 Å². The normalized spacial score (nSPS) is 16.3. The Balaban J connectivity index is 1.07.